The van der Waals surface area contributed by atoms with Gasteiger partial charge in [0.05, 0.1) is 16.1 Å². The molecule has 3 N–H and O–H groups in total. The average molecular weight is 497 g/mol. The second kappa shape index (κ2) is 8.78. The van der Waals surface area contributed by atoms with E-state index in [0.29, 0.717) is 16.7 Å². The summed E-state index contributed by atoms with van der Waals surface area (Å²) < 4.78 is 19.7. The molecule has 8 nitrogen and oxygen atoms in total. The van der Waals surface area contributed by atoms with Crippen molar-refractivity contribution < 1.29 is 4.39 Å². The molecule has 3 aromatic rings. The van der Waals surface area contributed by atoms with Crippen molar-refractivity contribution >= 4 is 23.6 Å². The Morgan fingerprint density at radius 2 is 2.03 bits per heavy atom. The van der Waals surface area contributed by atoms with Crippen LogP contribution in [-0.4, -0.2) is 43.2 Å². The number of alkyl halides is 1. The maximum absolute atomic E-state index is 15.4. The topological polar surface area (TPSA) is 96.4 Å². The summed E-state index contributed by atoms with van der Waals surface area (Å²) in [7, 11) is 1.77. The van der Waals surface area contributed by atoms with E-state index in [4.69, 9.17) is 17.0 Å². The Hall–Kier alpha value is -3.20. The second-order valence-electron chi connectivity index (χ2n) is 9.74. The van der Waals surface area contributed by atoms with Crippen molar-refractivity contribution in [1.82, 2.24) is 29.6 Å². The molecule has 1 fully saturated rings. The van der Waals surface area contributed by atoms with Gasteiger partial charge in [0.15, 0.2) is 5.82 Å². The van der Waals surface area contributed by atoms with E-state index in [1.807, 2.05) is 6.07 Å². The molecule has 10 heteroatoms. The highest BCUT2D eigenvalue weighted by molar-refractivity contribution is 6.33. The number of hydrogen-bond donors (Lipinski definition) is 3. The van der Waals surface area contributed by atoms with Crippen molar-refractivity contribution in [2.45, 2.75) is 63.7 Å². The summed E-state index contributed by atoms with van der Waals surface area (Å²) in [4.78, 5) is 4.37. The average Bonchev–Trinajstić information content (AvgIpc) is 3.34. The molecular weight excluding hydrogens is 467 g/mol. The molecule has 0 radical (unpaired) electrons. The maximum atomic E-state index is 15.4. The zero-order valence-corrected chi connectivity index (χ0v) is 21.0. The van der Waals surface area contributed by atoms with Crippen LogP contribution in [0.4, 0.5) is 10.2 Å². The molecule has 0 unspecified atom stereocenters. The summed E-state index contributed by atoms with van der Waals surface area (Å²) in [6.07, 6.45) is 10.0. The van der Waals surface area contributed by atoms with E-state index in [1.165, 1.54) is 6.21 Å². The molecule has 0 spiro atoms. The van der Waals surface area contributed by atoms with E-state index in [1.54, 1.807) is 33.2 Å². The van der Waals surface area contributed by atoms with Crippen molar-refractivity contribution in [3.8, 4) is 22.6 Å². The molecule has 0 atom stereocenters. The maximum Gasteiger partial charge on any atom is 0.180 e. The first-order valence-electron chi connectivity index (χ1n) is 11.9. The number of aryl methyl sites for hydroxylation is 1. The molecular formula is C25H30ClFN8. The summed E-state index contributed by atoms with van der Waals surface area (Å²) in [6, 6.07) is 3.96. The van der Waals surface area contributed by atoms with Crippen molar-refractivity contribution in [1.29, 1.82) is 5.41 Å². The number of fused-ring (bicyclic) bond motifs is 3. The molecule has 4 heterocycles. The highest BCUT2D eigenvalue weighted by atomic mass is 35.5. The molecule has 0 aromatic carbocycles. The number of rotatable bonds is 7. The zero-order chi connectivity index (χ0) is 24.8. The van der Waals surface area contributed by atoms with E-state index >= 15 is 4.39 Å². The SMILES string of the molecule is CN/C(=C\C=N)Nc1cc(-c2cc3n(c2)CCCn2c-3nnc2C2(C(C)(C)F)CCC2)c(Cl)cn1. The van der Waals surface area contributed by atoms with Crippen LogP contribution in [0.3, 0.4) is 0 Å². The Morgan fingerprint density at radius 1 is 1.23 bits per heavy atom. The van der Waals surface area contributed by atoms with Crippen LogP contribution in [-0.2, 0) is 18.5 Å². The third-order valence-corrected chi connectivity index (χ3v) is 7.68. The molecule has 2 aliphatic rings. The lowest BCUT2D eigenvalue weighted by Crippen LogP contribution is -2.51. The number of pyridine rings is 1. The van der Waals surface area contributed by atoms with E-state index in [2.05, 4.69) is 47.2 Å². The quantitative estimate of drug-likeness (QED) is 0.393. The molecule has 1 saturated carbocycles. The third kappa shape index (κ3) is 3.91. The lowest BCUT2D eigenvalue weighted by molar-refractivity contribution is 0.0172. The number of hydrogen-bond acceptors (Lipinski definition) is 6. The summed E-state index contributed by atoms with van der Waals surface area (Å²) in [6.45, 7) is 4.92. The number of halogens is 2. The van der Waals surface area contributed by atoms with Gasteiger partial charge in [0, 0.05) is 49.9 Å². The Labute approximate surface area is 209 Å². The van der Waals surface area contributed by atoms with Crippen LogP contribution in [0, 0.1) is 5.41 Å². The fraction of sp³-hybridized carbons (Fsp3) is 0.440. The smallest absolute Gasteiger partial charge is 0.180 e. The monoisotopic (exact) mass is 496 g/mol. The zero-order valence-electron chi connectivity index (χ0n) is 20.2. The van der Waals surface area contributed by atoms with Crippen molar-refractivity contribution in [3.63, 3.8) is 0 Å². The largest absolute Gasteiger partial charge is 0.375 e. The highest BCUT2D eigenvalue weighted by Crippen LogP contribution is 2.53. The highest BCUT2D eigenvalue weighted by Gasteiger charge is 2.55. The van der Waals surface area contributed by atoms with E-state index in [-0.39, 0.29) is 0 Å². The van der Waals surface area contributed by atoms with Gasteiger partial charge in [-0.2, -0.15) is 0 Å². The summed E-state index contributed by atoms with van der Waals surface area (Å²) >= 11 is 6.56. The fourth-order valence-corrected chi connectivity index (χ4v) is 5.45. The molecule has 5 rings (SSSR count). The molecule has 0 amide bonds. The van der Waals surface area contributed by atoms with Crippen LogP contribution in [0.5, 0.6) is 0 Å². The van der Waals surface area contributed by atoms with Gasteiger partial charge in [0.1, 0.15) is 23.1 Å². The number of nitrogens with zero attached hydrogens (tertiary/aromatic N) is 5. The second-order valence-corrected chi connectivity index (χ2v) is 10.1. The minimum atomic E-state index is -1.36. The molecule has 0 bridgehead atoms. The molecule has 3 aromatic heterocycles. The Morgan fingerprint density at radius 3 is 2.69 bits per heavy atom. The lowest BCUT2D eigenvalue weighted by Gasteiger charge is -2.47. The minimum absolute atomic E-state index is 0.535. The Kier molecular flexibility index (Phi) is 5.91. The first-order valence-corrected chi connectivity index (χ1v) is 12.3. The standard InChI is InChI=1S/C25H30ClFN8/c1-24(2,27)25(7-4-8-25)23-33-32-22-19-12-16(15-34(19)10-5-11-35(22)23)17-13-21(30-14-18(17)26)31-20(29-3)6-9-28/h6,9,12-15,28-29H,4-5,7-8,10-11H2,1-3H3,(H,30,31)/b20-6+,28-9?. The van der Waals surface area contributed by atoms with Gasteiger partial charge in [0.2, 0.25) is 0 Å². The van der Waals surface area contributed by atoms with Crippen molar-refractivity contribution in [3.05, 3.63) is 47.3 Å². The summed E-state index contributed by atoms with van der Waals surface area (Å²) in [5.41, 5.74) is 0.791. The van der Waals surface area contributed by atoms with E-state index in [0.717, 1.165) is 67.2 Å². The third-order valence-electron chi connectivity index (χ3n) is 7.38. The molecule has 1 aliphatic heterocycles. The van der Waals surface area contributed by atoms with Gasteiger partial charge in [-0.15, -0.1) is 10.2 Å². The van der Waals surface area contributed by atoms with Crippen LogP contribution < -0.4 is 10.6 Å². The minimum Gasteiger partial charge on any atom is -0.375 e. The predicted octanol–water partition coefficient (Wildman–Crippen LogP) is 5.16. The van der Waals surface area contributed by atoms with Crippen LogP contribution in [0.2, 0.25) is 5.02 Å². The number of aromatic nitrogens is 5. The predicted molar refractivity (Wildman–Crippen MR) is 137 cm³/mol. The molecule has 0 saturated heterocycles. The van der Waals surface area contributed by atoms with Crippen LogP contribution in [0.25, 0.3) is 22.6 Å². The first kappa shape index (κ1) is 23.5. The van der Waals surface area contributed by atoms with Gasteiger partial charge in [-0.1, -0.05) is 18.0 Å². The van der Waals surface area contributed by atoms with Gasteiger partial charge < -0.3 is 25.2 Å². The Bertz CT molecular complexity index is 1300. The van der Waals surface area contributed by atoms with E-state index < -0.39 is 11.1 Å². The van der Waals surface area contributed by atoms with Crippen molar-refractivity contribution in [2.24, 2.45) is 0 Å². The number of nitrogens with one attached hydrogen (secondary N) is 3. The van der Waals surface area contributed by atoms with Gasteiger partial charge in [0.25, 0.3) is 0 Å². The van der Waals surface area contributed by atoms with Gasteiger partial charge in [-0.3, -0.25) is 0 Å². The molecule has 184 valence electrons. The Balaban J connectivity index is 1.55. The number of anilines is 1. The fourth-order valence-electron chi connectivity index (χ4n) is 5.24. The normalized spacial score (nSPS) is 17.1. The molecule has 1 aliphatic carbocycles. The van der Waals surface area contributed by atoms with Crippen LogP contribution >= 0.6 is 11.6 Å². The van der Waals surface area contributed by atoms with Crippen LogP contribution in [0.15, 0.2) is 36.4 Å². The summed E-state index contributed by atoms with van der Waals surface area (Å²) in [5, 5.41) is 23.1. The lowest BCUT2D eigenvalue weighted by atomic mass is 9.60. The van der Waals surface area contributed by atoms with Crippen LogP contribution in [0.1, 0.15) is 45.4 Å². The molecule has 35 heavy (non-hydrogen) atoms. The number of allylic oxidation sites excluding steroid dienone is 1. The van der Waals surface area contributed by atoms with Gasteiger partial charge in [-0.05, 0) is 51.3 Å². The van der Waals surface area contributed by atoms with Crippen molar-refractivity contribution in [2.75, 3.05) is 12.4 Å². The summed E-state index contributed by atoms with van der Waals surface area (Å²) in [5.74, 6) is 2.80. The van der Waals surface area contributed by atoms with Gasteiger partial charge in [-0.25, -0.2) is 9.37 Å². The van der Waals surface area contributed by atoms with Gasteiger partial charge >= 0.3 is 0 Å². The first-order chi connectivity index (χ1) is 16.8. The van der Waals surface area contributed by atoms with E-state index in [9.17, 15) is 0 Å².